The van der Waals surface area contributed by atoms with Crippen molar-refractivity contribution in [3.05, 3.63) is 24.3 Å². The number of aromatic hydroxyl groups is 1. The molecule has 1 aromatic carbocycles. The fourth-order valence-electron chi connectivity index (χ4n) is 0.725. The lowest BCUT2D eigenvalue weighted by Gasteiger charge is -2.03. The van der Waals surface area contributed by atoms with Gasteiger partial charge in [0, 0.05) is 6.07 Å². The van der Waals surface area contributed by atoms with E-state index in [2.05, 4.69) is 5.48 Å². The summed E-state index contributed by atoms with van der Waals surface area (Å²) in [5.41, 5.74) is 3.43. The van der Waals surface area contributed by atoms with Crippen LogP contribution in [0.15, 0.2) is 24.3 Å². The third-order valence-corrected chi connectivity index (χ3v) is 1.18. The predicted octanol–water partition coefficient (Wildman–Crippen LogP) is 1.76. The molecule has 1 aromatic rings. The van der Waals surface area contributed by atoms with E-state index in [4.69, 9.17) is 9.94 Å². The van der Waals surface area contributed by atoms with Gasteiger partial charge in [-0.05, 0) is 19.1 Å². The molecule has 0 radical (unpaired) electrons. The molecule has 3 nitrogen and oxygen atoms in total. The van der Waals surface area contributed by atoms with E-state index in [0.29, 0.717) is 6.61 Å². The van der Waals surface area contributed by atoms with E-state index in [0.717, 1.165) is 5.69 Å². The highest BCUT2D eigenvalue weighted by Crippen LogP contribution is 2.14. The minimum atomic E-state index is 0.231. The Morgan fingerprint density at radius 1 is 1.55 bits per heavy atom. The van der Waals surface area contributed by atoms with Gasteiger partial charge in [0.25, 0.3) is 0 Å². The van der Waals surface area contributed by atoms with Crippen LogP contribution in [0.4, 0.5) is 5.69 Å². The molecule has 11 heavy (non-hydrogen) atoms. The molecule has 0 saturated heterocycles. The van der Waals surface area contributed by atoms with Gasteiger partial charge in [0.2, 0.25) is 0 Å². The molecular weight excluding hydrogens is 142 g/mol. The highest BCUT2D eigenvalue weighted by atomic mass is 16.6. The molecule has 0 atom stereocenters. The number of phenolic OH excluding ortho intramolecular Hbond substituents is 1. The van der Waals surface area contributed by atoms with Crippen molar-refractivity contribution in [3.8, 4) is 5.75 Å². The number of anilines is 1. The minimum Gasteiger partial charge on any atom is -0.508 e. The number of phenols is 1. The van der Waals surface area contributed by atoms with Crippen molar-refractivity contribution in [3.63, 3.8) is 0 Å². The third-order valence-electron chi connectivity index (χ3n) is 1.18. The average Bonchev–Trinajstić information content (AvgIpc) is 2.01. The van der Waals surface area contributed by atoms with Gasteiger partial charge >= 0.3 is 0 Å². The van der Waals surface area contributed by atoms with Gasteiger partial charge in [-0.3, -0.25) is 10.3 Å². The first-order chi connectivity index (χ1) is 5.33. The van der Waals surface area contributed by atoms with Crippen LogP contribution in [0.3, 0.4) is 0 Å². The average molecular weight is 153 g/mol. The van der Waals surface area contributed by atoms with Gasteiger partial charge in [-0.25, -0.2) is 0 Å². The van der Waals surface area contributed by atoms with Crippen LogP contribution in [0, 0.1) is 0 Å². The molecule has 0 amide bonds. The molecule has 0 heterocycles. The van der Waals surface area contributed by atoms with Crippen molar-refractivity contribution in [2.75, 3.05) is 12.1 Å². The maximum Gasteiger partial charge on any atom is 0.117 e. The zero-order chi connectivity index (χ0) is 8.10. The Labute approximate surface area is 65.6 Å². The van der Waals surface area contributed by atoms with Crippen LogP contribution in [0.1, 0.15) is 6.92 Å². The molecule has 0 aliphatic carbocycles. The summed E-state index contributed by atoms with van der Waals surface area (Å²) in [6, 6.07) is 6.76. The Morgan fingerprint density at radius 2 is 2.36 bits per heavy atom. The molecule has 3 heteroatoms. The van der Waals surface area contributed by atoms with Crippen LogP contribution < -0.4 is 5.48 Å². The molecule has 1 rings (SSSR count). The molecule has 0 unspecified atom stereocenters. The fourth-order valence-corrected chi connectivity index (χ4v) is 0.725. The van der Waals surface area contributed by atoms with Crippen molar-refractivity contribution < 1.29 is 9.94 Å². The van der Waals surface area contributed by atoms with Gasteiger partial charge < -0.3 is 5.11 Å². The molecule has 0 saturated carbocycles. The van der Waals surface area contributed by atoms with Crippen LogP contribution in [0.2, 0.25) is 0 Å². The van der Waals surface area contributed by atoms with Crippen LogP contribution in [0.5, 0.6) is 5.75 Å². The Bertz CT molecular complexity index is 225. The number of benzene rings is 1. The number of rotatable bonds is 3. The molecule has 60 valence electrons. The molecule has 0 spiro atoms. The maximum atomic E-state index is 9.02. The van der Waals surface area contributed by atoms with Crippen molar-refractivity contribution >= 4 is 5.69 Å². The lowest BCUT2D eigenvalue weighted by molar-refractivity contribution is 0.210. The molecule has 0 bridgehead atoms. The van der Waals surface area contributed by atoms with Gasteiger partial charge in [0.1, 0.15) is 5.75 Å². The van der Waals surface area contributed by atoms with E-state index in [1.165, 1.54) is 0 Å². The number of hydrogen-bond donors (Lipinski definition) is 2. The van der Waals surface area contributed by atoms with Crippen LogP contribution in [0.25, 0.3) is 0 Å². The summed E-state index contributed by atoms with van der Waals surface area (Å²) in [6.45, 7) is 2.48. The first-order valence-electron chi connectivity index (χ1n) is 3.49. The van der Waals surface area contributed by atoms with E-state index in [-0.39, 0.29) is 5.75 Å². The zero-order valence-corrected chi connectivity index (χ0v) is 6.37. The van der Waals surface area contributed by atoms with Gasteiger partial charge in [-0.15, -0.1) is 0 Å². The second-order valence-corrected chi connectivity index (χ2v) is 2.09. The minimum absolute atomic E-state index is 0.231. The monoisotopic (exact) mass is 153 g/mol. The normalized spacial score (nSPS) is 9.55. The quantitative estimate of drug-likeness (QED) is 0.650. The SMILES string of the molecule is CCONc1cccc(O)c1. The van der Waals surface area contributed by atoms with E-state index in [1.54, 1.807) is 18.2 Å². The van der Waals surface area contributed by atoms with E-state index in [1.807, 2.05) is 13.0 Å². The first-order valence-corrected chi connectivity index (χ1v) is 3.49. The molecular formula is C8H11NO2. The summed E-state index contributed by atoms with van der Waals surface area (Å²) in [6.07, 6.45) is 0. The molecule has 0 aliphatic rings. The summed E-state index contributed by atoms with van der Waals surface area (Å²) in [7, 11) is 0. The Hall–Kier alpha value is -1.22. The predicted molar refractivity (Wildman–Crippen MR) is 43.4 cm³/mol. The summed E-state index contributed by atoms with van der Waals surface area (Å²) in [5, 5.41) is 9.02. The van der Waals surface area contributed by atoms with Gasteiger partial charge in [0.05, 0.1) is 12.3 Å². The lowest BCUT2D eigenvalue weighted by atomic mass is 10.3. The largest absolute Gasteiger partial charge is 0.508 e. The second-order valence-electron chi connectivity index (χ2n) is 2.09. The highest BCUT2D eigenvalue weighted by Gasteiger charge is 1.90. The highest BCUT2D eigenvalue weighted by molar-refractivity contribution is 5.45. The molecule has 0 fully saturated rings. The Balaban J connectivity index is 2.56. The lowest BCUT2D eigenvalue weighted by Crippen LogP contribution is -1.99. The van der Waals surface area contributed by atoms with Crippen LogP contribution in [-0.2, 0) is 4.84 Å². The fraction of sp³-hybridized carbons (Fsp3) is 0.250. The Kier molecular flexibility index (Phi) is 2.74. The van der Waals surface area contributed by atoms with E-state index < -0.39 is 0 Å². The Morgan fingerprint density at radius 3 is 3.00 bits per heavy atom. The summed E-state index contributed by atoms with van der Waals surface area (Å²) >= 11 is 0. The van der Waals surface area contributed by atoms with E-state index >= 15 is 0 Å². The molecule has 0 aromatic heterocycles. The smallest absolute Gasteiger partial charge is 0.117 e. The topological polar surface area (TPSA) is 41.5 Å². The second kappa shape index (κ2) is 3.83. The van der Waals surface area contributed by atoms with Crippen LogP contribution >= 0.6 is 0 Å². The zero-order valence-electron chi connectivity index (χ0n) is 6.37. The third kappa shape index (κ3) is 2.47. The maximum absolute atomic E-state index is 9.02. The van der Waals surface area contributed by atoms with E-state index in [9.17, 15) is 0 Å². The van der Waals surface area contributed by atoms with Gasteiger partial charge in [0.15, 0.2) is 0 Å². The van der Waals surface area contributed by atoms with Crippen molar-refractivity contribution in [1.29, 1.82) is 0 Å². The van der Waals surface area contributed by atoms with Crippen molar-refractivity contribution in [1.82, 2.24) is 0 Å². The standard InChI is InChI=1S/C8H11NO2/c1-2-11-9-7-4-3-5-8(10)6-7/h3-6,9-10H,2H2,1H3. The molecule has 2 N–H and O–H groups in total. The van der Waals surface area contributed by atoms with Crippen molar-refractivity contribution in [2.45, 2.75) is 6.92 Å². The summed E-state index contributed by atoms with van der Waals surface area (Å²) in [5.74, 6) is 0.231. The van der Waals surface area contributed by atoms with Crippen LogP contribution in [-0.4, -0.2) is 11.7 Å². The summed E-state index contributed by atoms with van der Waals surface area (Å²) in [4.78, 5) is 4.91. The number of nitrogens with one attached hydrogen (secondary N) is 1. The summed E-state index contributed by atoms with van der Waals surface area (Å²) < 4.78 is 0. The van der Waals surface area contributed by atoms with Crippen molar-refractivity contribution in [2.24, 2.45) is 0 Å². The molecule has 0 aliphatic heterocycles. The van der Waals surface area contributed by atoms with Gasteiger partial charge in [-0.1, -0.05) is 6.07 Å². The van der Waals surface area contributed by atoms with Gasteiger partial charge in [-0.2, -0.15) is 0 Å². The number of hydrogen-bond acceptors (Lipinski definition) is 3. The first kappa shape index (κ1) is 7.88.